The van der Waals surface area contributed by atoms with Crippen LogP contribution < -0.4 is 0 Å². The number of ether oxygens (including phenoxy) is 3. The van der Waals surface area contributed by atoms with E-state index in [-0.39, 0.29) is 18.0 Å². The van der Waals surface area contributed by atoms with Gasteiger partial charge in [-0.25, -0.2) is 19.2 Å². The van der Waals surface area contributed by atoms with Crippen LogP contribution in [0.2, 0.25) is 0 Å². The van der Waals surface area contributed by atoms with Crippen molar-refractivity contribution in [3.05, 3.63) is 71.3 Å². The first kappa shape index (κ1) is 37.3. The van der Waals surface area contributed by atoms with Gasteiger partial charge in [0.2, 0.25) is 0 Å². The monoisotopic (exact) mass is 702 g/mol. The topological polar surface area (TPSA) is 157 Å². The smallest absolute Gasteiger partial charge is 0.411 e. The molecule has 2 aliphatic heterocycles. The van der Waals surface area contributed by atoms with E-state index >= 15 is 0 Å². The molecule has 0 aromatic heterocycles. The second kappa shape index (κ2) is 14.3. The molecule has 2 atom stereocenters. The number of hydrogen-bond donors (Lipinski definition) is 1. The fraction of sp³-hybridized carbons (Fsp3) is 0.487. The number of amides is 2. The Kier molecular flexibility index (Phi) is 10.5. The Labute approximate surface area is 297 Å². The molecule has 1 N–H and O–H groups in total. The highest BCUT2D eigenvalue weighted by Gasteiger charge is 2.53. The van der Waals surface area contributed by atoms with Crippen LogP contribution in [-0.2, 0) is 23.8 Å². The number of Topliss-reactive ketones (excluding diaryl/α,β-unsaturated/α-hetero) is 2. The highest BCUT2D eigenvalue weighted by molar-refractivity contribution is 6.03. The predicted molar refractivity (Wildman–Crippen MR) is 186 cm³/mol. The van der Waals surface area contributed by atoms with Crippen LogP contribution in [0.3, 0.4) is 0 Å². The Bertz CT molecular complexity index is 1730. The summed E-state index contributed by atoms with van der Waals surface area (Å²) in [5.74, 6) is -2.59. The normalized spacial score (nSPS) is 20.4. The Hall–Kier alpha value is -5.00. The SMILES string of the molecule is CC(C)(C)OC(=O)N1CCC[C@H]1C(=O)OCC(=O)c1ccc(-c2ccc(C(=O)C[C@@]3(C(=O)O)C=C(C4CC4)CN3C(=O)OC(C)(C)C)cc2)cc1. The first-order chi connectivity index (χ1) is 23.9. The van der Waals surface area contributed by atoms with E-state index in [1.165, 1.54) is 4.90 Å². The van der Waals surface area contributed by atoms with Gasteiger partial charge in [0.1, 0.15) is 17.2 Å². The van der Waals surface area contributed by atoms with Crippen LogP contribution in [0.5, 0.6) is 0 Å². The molecule has 12 nitrogen and oxygen atoms in total. The highest BCUT2D eigenvalue weighted by atomic mass is 16.6. The summed E-state index contributed by atoms with van der Waals surface area (Å²) in [5, 5.41) is 10.4. The van der Waals surface area contributed by atoms with E-state index in [9.17, 15) is 33.9 Å². The van der Waals surface area contributed by atoms with Crippen molar-refractivity contribution >= 4 is 35.7 Å². The minimum absolute atomic E-state index is 0.103. The molecule has 0 unspecified atom stereocenters. The van der Waals surface area contributed by atoms with Crippen molar-refractivity contribution in [3.8, 4) is 11.1 Å². The molecular weight excluding hydrogens is 656 g/mol. The molecule has 51 heavy (non-hydrogen) atoms. The molecule has 2 fully saturated rings. The molecule has 2 amide bonds. The lowest BCUT2D eigenvalue weighted by molar-refractivity contribution is -0.148. The number of nitrogens with zero attached hydrogens (tertiary/aromatic N) is 2. The van der Waals surface area contributed by atoms with Gasteiger partial charge in [0, 0.05) is 30.6 Å². The second-order valence-corrected chi connectivity index (χ2v) is 15.4. The van der Waals surface area contributed by atoms with Crippen LogP contribution in [0, 0.1) is 5.92 Å². The van der Waals surface area contributed by atoms with Crippen LogP contribution in [0.1, 0.15) is 94.4 Å². The molecule has 2 aromatic rings. The zero-order valence-electron chi connectivity index (χ0n) is 30.0. The fourth-order valence-corrected chi connectivity index (χ4v) is 6.31. The Morgan fingerprint density at radius 2 is 1.29 bits per heavy atom. The molecule has 0 radical (unpaired) electrons. The summed E-state index contributed by atoms with van der Waals surface area (Å²) < 4.78 is 16.2. The van der Waals surface area contributed by atoms with Gasteiger partial charge in [-0.3, -0.25) is 19.4 Å². The van der Waals surface area contributed by atoms with Crippen LogP contribution in [-0.4, -0.2) is 93.1 Å². The van der Waals surface area contributed by atoms with Gasteiger partial charge < -0.3 is 19.3 Å². The first-order valence-electron chi connectivity index (χ1n) is 17.3. The average Bonchev–Trinajstić information content (AvgIpc) is 3.64. The van der Waals surface area contributed by atoms with Gasteiger partial charge in [-0.05, 0) is 95.9 Å². The second-order valence-electron chi connectivity index (χ2n) is 15.4. The molecular formula is C39H46N2O10. The van der Waals surface area contributed by atoms with Gasteiger partial charge in [-0.2, -0.15) is 0 Å². The van der Waals surface area contributed by atoms with E-state index < -0.39 is 71.5 Å². The first-order valence-corrected chi connectivity index (χ1v) is 17.3. The summed E-state index contributed by atoms with van der Waals surface area (Å²) in [6, 6.07) is 12.5. The molecule has 2 aromatic carbocycles. The van der Waals surface area contributed by atoms with E-state index in [1.807, 2.05) is 0 Å². The maximum Gasteiger partial charge on any atom is 0.411 e. The number of esters is 1. The number of carboxylic acid groups (broad SMARTS) is 1. The van der Waals surface area contributed by atoms with Gasteiger partial charge in [0.25, 0.3) is 0 Å². The molecule has 1 saturated heterocycles. The van der Waals surface area contributed by atoms with E-state index in [0.717, 1.165) is 34.4 Å². The Morgan fingerprint density at radius 1 is 0.765 bits per heavy atom. The van der Waals surface area contributed by atoms with Crippen LogP contribution in [0.25, 0.3) is 11.1 Å². The standard InChI is InChI=1S/C39H46N2O10/c1-37(2,3)50-35(47)40-19-7-8-30(40)33(44)49-23-32(43)28-17-13-25(14-18-28)24-11-15-27(16-12-24)31(42)21-39(34(45)46)20-29(26-9-10-26)22-41(39)36(48)51-38(4,5)6/h11-18,20,26,30H,7-10,19,21-23H2,1-6H3,(H,45,46)/t30-,39+/m0/s1. The van der Waals surface area contributed by atoms with Gasteiger partial charge in [-0.15, -0.1) is 0 Å². The number of benzene rings is 2. The third kappa shape index (κ3) is 8.84. The zero-order chi connectivity index (χ0) is 37.3. The summed E-state index contributed by atoms with van der Waals surface area (Å²) in [7, 11) is 0. The van der Waals surface area contributed by atoms with Crippen LogP contribution in [0.15, 0.2) is 60.2 Å². The van der Waals surface area contributed by atoms with E-state index in [1.54, 1.807) is 96.1 Å². The molecule has 12 heteroatoms. The molecule has 0 bridgehead atoms. The molecule has 3 aliphatic rings. The predicted octanol–water partition coefficient (Wildman–Crippen LogP) is 6.46. The van der Waals surface area contributed by atoms with Gasteiger partial charge in [0.15, 0.2) is 23.7 Å². The van der Waals surface area contributed by atoms with Crippen molar-refractivity contribution in [3.63, 3.8) is 0 Å². The third-order valence-electron chi connectivity index (χ3n) is 9.01. The minimum atomic E-state index is -1.86. The van der Waals surface area contributed by atoms with Crippen molar-refractivity contribution in [1.29, 1.82) is 0 Å². The third-order valence-corrected chi connectivity index (χ3v) is 9.01. The number of aliphatic carboxylic acids is 1. The van der Waals surface area contributed by atoms with Gasteiger partial charge in [-0.1, -0.05) is 48.5 Å². The summed E-state index contributed by atoms with van der Waals surface area (Å²) in [6.07, 6.45) is 2.63. The average molecular weight is 703 g/mol. The quantitative estimate of drug-likeness (QED) is 0.126. The highest BCUT2D eigenvalue weighted by Crippen LogP contribution is 2.44. The Balaban J connectivity index is 1.21. The molecule has 2 heterocycles. The van der Waals surface area contributed by atoms with E-state index in [0.29, 0.717) is 24.9 Å². The lowest BCUT2D eigenvalue weighted by Gasteiger charge is -2.35. The van der Waals surface area contributed by atoms with Crippen molar-refractivity contribution in [2.45, 2.75) is 96.4 Å². The zero-order valence-corrected chi connectivity index (χ0v) is 30.0. The van der Waals surface area contributed by atoms with E-state index in [2.05, 4.69) is 0 Å². The minimum Gasteiger partial charge on any atom is -0.479 e. The molecule has 0 spiro atoms. The number of likely N-dealkylation sites (tertiary alicyclic amines) is 1. The molecule has 1 saturated carbocycles. The number of hydrogen-bond acceptors (Lipinski definition) is 9. The summed E-state index contributed by atoms with van der Waals surface area (Å²) in [4.78, 5) is 80.1. The number of carbonyl (C=O) groups excluding carboxylic acids is 5. The van der Waals surface area contributed by atoms with Crippen molar-refractivity contribution in [1.82, 2.24) is 9.80 Å². The van der Waals surface area contributed by atoms with Gasteiger partial charge >= 0.3 is 24.1 Å². The number of ketones is 2. The van der Waals surface area contributed by atoms with Gasteiger partial charge in [0.05, 0.1) is 0 Å². The fourth-order valence-electron chi connectivity index (χ4n) is 6.31. The molecule has 272 valence electrons. The molecule has 5 rings (SSSR count). The number of carbonyl (C=O) groups is 6. The lowest BCUT2D eigenvalue weighted by atomic mass is 9.89. The number of carboxylic acids is 1. The maximum atomic E-state index is 13.6. The largest absolute Gasteiger partial charge is 0.479 e. The van der Waals surface area contributed by atoms with Crippen molar-refractivity contribution in [2.75, 3.05) is 19.7 Å². The maximum absolute atomic E-state index is 13.6. The summed E-state index contributed by atoms with van der Waals surface area (Å²) in [5.41, 5.74) is -0.445. The van der Waals surface area contributed by atoms with Crippen molar-refractivity contribution in [2.24, 2.45) is 5.92 Å². The molecule has 1 aliphatic carbocycles. The van der Waals surface area contributed by atoms with E-state index in [4.69, 9.17) is 14.2 Å². The lowest BCUT2D eigenvalue weighted by Crippen LogP contribution is -2.55. The Morgan fingerprint density at radius 3 is 1.80 bits per heavy atom. The van der Waals surface area contributed by atoms with Crippen LogP contribution >= 0.6 is 0 Å². The summed E-state index contributed by atoms with van der Waals surface area (Å²) >= 11 is 0. The number of rotatable bonds is 10. The summed E-state index contributed by atoms with van der Waals surface area (Å²) in [6.45, 7) is 10.3. The van der Waals surface area contributed by atoms with Crippen molar-refractivity contribution < 1.29 is 48.1 Å². The van der Waals surface area contributed by atoms with Crippen LogP contribution in [0.4, 0.5) is 9.59 Å².